The molecule has 0 saturated heterocycles. The maximum Gasteiger partial charge on any atom is 0.0721 e. The molecule has 0 aliphatic rings. The van der Waals surface area contributed by atoms with Crippen LogP contribution in [0.4, 0.5) is 0 Å². The van der Waals surface area contributed by atoms with E-state index >= 15 is 0 Å². The van der Waals surface area contributed by atoms with Crippen molar-refractivity contribution < 1.29 is 0 Å². The van der Waals surface area contributed by atoms with Crippen LogP contribution in [0.25, 0.3) is 33.1 Å². The van der Waals surface area contributed by atoms with Gasteiger partial charge in [-0.15, -0.1) is 0 Å². The van der Waals surface area contributed by atoms with E-state index in [1.54, 1.807) is 0 Å². The summed E-state index contributed by atoms with van der Waals surface area (Å²) in [5.74, 6) is 0. The number of nitrogens with zero attached hydrogens (tertiary/aromatic N) is 2. The molecule has 2 nitrogen and oxygen atoms in total. The zero-order valence-electron chi connectivity index (χ0n) is 11.1. The molecule has 2 heterocycles. The number of rotatable bonds is 1. The lowest BCUT2D eigenvalue weighted by Crippen LogP contribution is -1.88. The van der Waals surface area contributed by atoms with Crippen molar-refractivity contribution in [2.24, 2.45) is 0 Å². The Labute approximate surface area is 130 Å². The SMILES string of the molecule is Brc1ccccc1-c1ccc2c(ccc3ncccc32)n1. The average Bonchev–Trinajstić information content (AvgIpc) is 2.54. The van der Waals surface area contributed by atoms with Gasteiger partial charge in [0.1, 0.15) is 0 Å². The lowest BCUT2D eigenvalue weighted by molar-refractivity contribution is 1.38. The van der Waals surface area contributed by atoms with E-state index in [4.69, 9.17) is 4.98 Å². The van der Waals surface area contributed by atoms with Crippen LogP contribution in [0.1, 0.15) is 0 Å². The Bertz CT molecular complexity index is 963. The largest absolute Gasteiger partial charge is 0.256 e. The van der Waals surface area contributed by atoms with E-state index in [0.29, 0.717) is 0 Å². The highest BCUT2D eigenvalue weighted by atomic mass is 79.9. The van der Waals surface area contributed by atoms with Gasteiger partial charge in [-0.3, -0.25) is 4.98 Å². The van der Waals surface area contributed by atoms with Crippen molar-refractivity contribution in [2.75, 3.05) is 0 Å². The Balaban J connectivity index is 1.99. The first kappa shape index (κ1) is 12.5. The van der Waals surface area contributed by atoms with Gasteiger partial charge in [0.25, 0.3) is 0 Å². The van der Waals surface area contributed by atoms with Gasteiger partial charge in [-0.1, -0.05) is 40.2 Å². The quantitative estimate of drug-likeness (QED) is 0.446. The minimum absolute atomic E-state index is 0.971. The van der Waals surface area contributed by atoms with Gasteiger partial charge >= 0.3 is 0 Å². The van der Waals surface area contributed by atoms with Crippen LogP contribution in [0.3, 0.4) is 0 Å². The third-order valence-corrected chi connectivity index (χ3v) is 4.29. The molecule has 2 aromatic carbocycles. The number of benzene rings is 2. The van der Waals surface area contributed by atoms with Crippen molar-refractivity contribution in [2.45, 2.75) is 0 Å². The lowest BCUT2D eigenvalue weighted by atomic mass is 10.1. The molecule has 0 unspecified atom stereocenters. The van der Waals surface area contributed by atoms with E-state index in [1.165, 1.54) is 0 Å². The van der Waals surface area contributed by atoms with E-state index in [1.807, 2.05) is 42.6 Å². The first-order valence-electron chi connectivity index (χ1n) is 6.72. The number of hydrogen-bond acceptors (Lipinski definition) is 2. The van der Waals surface area contributed by atoms with E-state index in [0.717, 1.165) is 37.5 Å². The predicted octanol–water partition coefficient (Wildman–Crippen LogP) is 5.21. The molecule has 0 N–H and O–H groups in total. The summed E-state index contributed by atoms with van der Waals surface area (Å²) in [6.45, 7) is 0. The molecule has 0 saturated carbocycles. The summed E-state index contributed by atoms with van der Waals surface area (Å²) in [5.41, 5.74) is 4.06. The molecule has 4 rings (SSSR count). The molecule has 2 aromatic heterocycles. The molecule has 0 fully saturated rings. The summed E-state index contributed by atoms with van der Waals surface area (Å²) >= 11 is 3.59. The second kappa shape index (κ2) is 4.93. The summed E-state index contributed by atoms with van der Waals surface area (Å²) in [5, 5.41) is 2.28. The molecule has 0 atom stereocenters. The molecule has 0 bridgehead atoms. The second-order valence-corrected chi connectivity index (χ2v) is 5.73. The van der Waals surface area contributed by atoms with Gasteiger partial charge in [-0.05, 0) is 36.4 Å². The Morgan fingerprint density at radius 1 is 0.714 bits per heavy atom. The van der Waals surface area contributed by atoms with E-state index < -0.39 is 0 Å². The number of halogens is 1. The van der Waals surface area contributed by atoms with Crippen LogP contribution in [0, 0.1) is 0 Å². The van der Waals surface area contributed by atoms with Gasteiger partial charge in [0.15, 0.2) is 0 Å². The Morgan fingerprint density at radius 3 is 2.43 bits per heavy atom. The van der Waals surface area contributed by atoms with E-state index in [2.05, 4.69) is 45.2 Å². The monoisotopic (exact) mass is 334 g/mol. The molecule has 0 spiro atoms. The number of pyridine rings is 2. The molecular formula is C18H11BrN2. The standard InChI is InChI=1S/C18H11BrN2/c19-15-6-2-1-4-14(15)18-8-7-13-12-5-3-11-20-16(12)9-10-17(13)21-18/h1-11H. The molecule has 21 heavy (non-hydrogen) atoms. The highest BCUT2D eigenvalue weighted by Gasteiger charge is 2.07. The van der Waals surface area contributed by atoms with E-state index in [9.17, 15) is 0 Å². The normalized spacial score (nSPS) is 11.1. The zero-order chi connectivity index (χ0) is 14.2. The zero-order valence-corrected chi connectivity index (χ0v) is 12.7. The fourth-order valence-electron chi connectivity index (χ4n) is 2.58. The van der Waals surface area contributed by atoms with Crippen molar-refractivity contribution in [1.82, 2.24) is 9.97 Å². The molecule has 0 radical (unpaired) electrons. The van der Waals surface area contributed by atoms with Gasteiger partial charge < -0.3 is 0 Å². The lowest BCUT2D eigenvalue weighted by Gasteiger charge is -2.07. The third-order valence-electron chi connectivity index (χ3n) is 3.60. The number of aromatic nitrogens is 2. The minimum atomic E-state index is 0.971. The highest BCUT2D eigenvalue weighted by molar-refractivity contribution is 9.10. The Kier molecular flexibility index (Phi) is 2.93. The fourth-order valence-corrected chi connectivity index (χ4v) is 3.07. The summed E-state index contributed by atoms with van der Waals surface area (Å²) in [7, 11) is 0. The molecule has 4 aromatic rings. The van der Waals surface area contributed by atoms with Crippen LogP contribution >= 0.6 is 15.9 Å². The van der Waals surface area contributed by atoms with Crippen LogP contribution < -0.4 is 0 Å². The third kappa shape index (κ3) is 2.10. The summed E-state index contributed by atoms with van der Waals surface area (Å²) in [6.07, 6.45) is 1.82. The topological polar surface area (TPSA) is 25.8 Å². The first-order chi connectivity index (χ1) is 10.3. The van der Waals surface area contributed by atoms with Crippen LogP contribution in [0.2, 0.25) is 0 Å². The summed E-state index contributed by atoms with van der Waals surface area (Å²) in [6, 6.07) is 20.4. The van der Waals surface area contributed by atoms with Crippen LogP contribution in [0.5, 0.6) is 0 Å². The van der Waals surface area contributed by atoms with Gasteiger partial charge in [-0.2, -0.15) is 0 Å². The van der Waals surface area contributed by atoms with Crippen LogP contribution in [0.15, 0.2) is 71.3 Å². The number of fused-ring (bicyclic) bond motifs is 3. The molecule has 0 aliphatic heterocycles. The maximum absolute atomic E-state index is 4.80. The van der Waals surface area contributed by atoms with Gasteiger partial charge in [-0.25, -0.2) is 4.98 Å². The van der Waals surface area contributed by atoms with Crippen molar-refractivity contribution in [3.8, 4) is 11.3 Å². The second-order valence-electron chi connectivity index (χ2n) is 4.88. The smallest absolute Gasteiger partial charge is 0.0721 e. The first-order valence-corrected chi connectivity index (χ1v) is 7.52. The Morgan fingerprint density at radius 2 is 1.52 bits per heavy atom. The van der Waals surface area contributed by atoms with Crippen LogP contribution in [-0.4, -0.2) is 9.97 Å². The number of hydrogen-bond donors (Lipinski definition) is 0. The Hall–Kier alpha value is -2.26. The predicted molar refractivity (Wildman–Crippen MR) is 90.2 cm³/mol. The maximum atomic E-state index is 4.80. The van der Waals surface area contributed by atoms with Crippen molar-refractivity contribution in [3.63, 3.8) is 0 Å². The van der Waals surface area contributed by atoms with Gasteiger partial charge in [0, 0.05) is 27.0 Å². The summed E-state index contributed by atoms with van der Waals surface area (Å²) < 4.78 is 1.05. The van der Waals surface area contributed by atoms with Crippen molar-refractivity contribution >= 4 is 37.7 Å². The van der Waals surface area contributed by atoms with Gasteiger partial charge in [0.05, 0.1) is 16.7 Å². The molecule has 3 heteroatoms. The van der Waals surface area contributed by atoms with Crippen molar-refractivity contribution in [3.05, 3.63) is 71.3 Å². The molecule has 0 aliphatic carbocycles. The van der Waals surface area contributed by atoms with E-state index in [-0.39, 0.29) is 0 Å². The molecule has 0 amide bonds. The molecular weight excluding hydrogens is 324 g/mol. The minimum Gasteiger partial charge on any atom is -0.256 e. The fraction of sp³-hybridized carbons (Fsp3) is 0. The average molecular weight is 335 g/mol. The van der Waals surface area contributed by atoms with Crippen LogP contribution in [-0.2, 0) is 0 Å². The van der Waals surface area contributed by atoms with Gasteiger partial charge in [0.2, 0.25) is 0 Å². The molecule has 100 valence electrons. The summed E-state index contributed by atoms with van der Waals surface area (Å²) in [4.78, 5) is 9.19. The highest BCUT2D eigenvalue weighted by Crippen LogP contribution is 2.29. The van der Waals surface area contributed by atoms with Crippen molar-refractivity contribution in [1.29, 1.82) is 0 Å².